The van der Waals surface area contributed by atoms with Crippen LogP contribution in [0.4, 0.5) is 33.3 Å². The predicted molar refractivity (Wildman–Crippen MR) is 111 cm³/mol. The Morgan fingerprint density at radius 3 is 2.32 bits per heavy atom. The summed E-state index contributed by atoms with van der Waals surface area (Å²) in [5.41, 5.74) is 5.18. The molecular weight excluding hydrogens is 564 g/mol. The van der Waals surface area contributed by atoms with Crippen LogP contribution in [0, 0.1) is 15.2 Å². The molecule has 0 saturated heterocycles. The molecule has 3 unspecified atom stereocenters. The van der Waals surface area contributed by atoms with E-state index >= 15 is 0 Å². The molecule has 0 aliphatic heterocycles. The number of nitrogens with two attached hydrogens (primary N) is 2. The minimum atomic E-state index is -4.73. The summed E-state index contributed by atoms with van der Waals surface area (Å²) < 4.78 is 97.7. The SMILES string of the molecule is CS(=O)(=O)C(F)C(F)C(N)(F)Oc1cc(F)cc(Nc2ccc(I)cc2F)c1C(N)=O. The lowest BCUT2D eigenvalue weighted by Gasteiger charge is -2.27. The lowest BCUT2D eigenvalue weighted by atomic mass is 10.1. The van der Waals surface area contributed by atoms with Crippen molar-refractivity contribution in [2.24, 2.45) is 11.5 Å². The van der Waals surface area contributed by atoms with Crippen molar-refractivity contribution in [1.29, 1.82) is 0 Å². The molecular formula is C17H15F5IN3O4S. The second-order valence-corrected chi connectivity index (χ2v) is 9.68. The van der Waals surface area contributed by atoms with Crippen molar-refractivity contribution in [2.75, 3.05) is 11.6 Å². The van der Waals surface area contributed by atoms with Gasteiger partial charge in [0.2, 0.25) is 11.7 Å². The number of rotatable bonds is 8. The summed E-state index contributed by atoms with van der Waals surface area (Å²) in [5.74, 6) is -8.56. The van der Waals surface area contributed by atoms with Gasteiger partial charge in [-0.05, 0) is 46.9 Å². The first-order valence-corrected chi connectivity index (χ1v) is 11.2. The van der Waals surface area contributed by atoms with Gasteiger partial charge in [0.25, 0.3) is 5.91 Å². The lowest BCUT2D eigenvalue weighted by Crippen LogP contribution is -2.55. The Kier molecular flexibility index (Phi) is 7.37. The van der Waals surface area contributed by atoms with Gasteiger partial charge >= 0.3 is 5.98 Å². The number of alkyl halides is 3. The zero-order valence-corrected chi connectivity index (χ0v) is 18.5. The number of sulfone groups is 1. The van der Waals surface area contributed by atoms with Crippen LogP contribution >= 0.6 is 22.6 Å². The van der Waals surface area contributed by atoms with Crippen LogP contribution in [0.1, 0.15) is 10.4 Å². The molecule has 0 aromatic heterocycles. The van der Waals surface area contributed by atoms with Crippen LogP contribution in [-0.4, -0.2) is 38.2 Å². The van der Waals surface area contributed by atoms with Gasteiger partial charge in [-0.3, -0.25) is 10.5 Å². The van der Waals surface area contributed by atoms with E-state index in [0.717, 1.165) is 6.07 Å². The molecule has 31 heavy (non-hydrogen) atoms. The molecule has 0 aliphatic carbocycles. The molecule has 2 aromatic rings. The van der Waals surface area contributed by atoms with Crippen molar-refractivity contribution < 1.29 is 39.9 Å². The third kappa shape index (κ3) is 5.94. The number of benzene rings is 2. The minimum Gasteiger partial charge on any atom is -0.442 e. The number of primary amides is 1. The van der Waals surface area contributed by atoms with E-state index in [0.29, 0.717) is 15.7 Å². The second kappa shape index (κ2) is 9.12. The number of carbonyl (C=O) groups is 1. The molecule has 0 aliphatic rings. The number of nitrogens with one attached hydrogen (secondary N) is 1. The van der Waals surface area contributed by atoms with E-state index in [4.69, 9.17) is 11.5 Å². The standard InChI is InChI=1S/C17H15F5IN3O4S/c1-31(28,29)15(21)14(20)17(22,25)30-12-5-7(18)4-11(13(12)16(24)27)26-10-3-2-8(23)6-9(10)19/h2-6,14-15,26H,25H2,1H3,(H2,24,27). The number of carbonyl (C=O) groups excluding carboxylic acids is 1. The zero-order valence-electron chi connectivity index (χ0n) is 15.5. The number of hydrogen-bond donors (Lipinski definition) is 3. The summed E-state index contributed by atoms with van der Waals surface area (Å²) in [6, 6.07) is 4.89. The molecule has 0 bridgehead atoms. The first kappa shape index (κ1) is 25.1. The summed E-state index contributed by atoms with van der Waals surface area (Å²) >= 11 is 1.83. The smallest absolute Gasteiger partial charge is 0.341 e. The van der Waals surface area contributed by atoms with Crippen molar-refractivity contribution in [3.8, 4) is 5.75 Å². The van der Waals surface area contributed by atoms with Crippen LogP contribution in [0.25, 0.3) is 0 Å². The summed E-state index contributed by atoms with van der Waals surface area (Å²) in [6.07, 6.45) is -3.29. The van der Waals surface area contributed by atoms with Crippen LogP contribution in [-0.2, 0) is 9.84 Å². The Balaban J connectivity index is 2.52. The Hall–Kier alpha value is -2.20. The van der Waals surface area contributed by atoms with E-state index in [1.807, 2.05) is 22.6 Å². The Bertz CT molecular complexity index is 1120. The third-order valence-corrected chi connectivity index (χ3v) is 5.52. The maximum atomic E-state index is 14.5. The first-order chi connectivity index (χ1) is 14.1. The maximum Gasteiger partial charge on any atom is 0.341 e. The average Bonchev–Trinajstić information content (AvgIpc) is 2.60. The highest BCUT2D eigenvalue weighted by atomic mass is 127. The molecule has 7 nitrogen and oxygen atoms in total. The molecule has 0 heterocycles. The van der Waals surface area contributed by atoms with Gasteiger partial charge in [0, 0.05) is 15.9 Å². The summed E-state index contributed by atoms with van der Waals surface area (Å²) in [4.78, 5) is 11.9. The van der Waals surface area contributed by atoms with E-state index in [1.54, 1.807) is 0 Å². The third-order valence-electron chi connectivity index (χ3n) is 3.80. The molecule has 1 amide bonds. The van der Waals surface area contributed by atoms with Crippen molar-refractivity contribution >= 4 is 49.7 Å². The average molecular weight is 579 g/mol. The van der Waals surface area contributed by atoms with Crippen LogP contribution in [0.15, 0.2) is 30.3 Å². The minimum absolute atomic E-state index is 0.233. The van der Waals surface area contributed by atoms with Crippen molar-refractivity contribution in [3.05, 3.63) is 51.1 Å². The van der Waals surface area contributed by atoms with E-state index < -0.39 is 62.0 Å². The summed E-state index contributed by atoms with van der Waals surface area (Å²) in [6.45, 7) is 0. The normalized spacial score (nSPS) is 15.6. The molecule has 3 atom stereocenters. The molecule has 0 fully saturated rings. The molecule has 170 valence electrons. The van der Waals surface area contributed by atoms with Crippen molar-refractivity contribution in [1.82, 2.24) is 0 Å². The molecule has 2 aromatic carbocycles. The molecule has 0 radical (unpaired) electrons. The largest absolute Gasteiger partial charge is 0.442 e. The van der Waals surface area contributed by atoms with Gasteiger partial charge in [-0.2, -0.15) is 4.39 Å². The van der Waals surface area contributed by atoms with Crippen LogP contribution in [0.3, 0.4) is 0 Å². The number of ether oxygens (including phenoxy) is 1. The topological polar surface area (TPSA) is 125 Å². The summed E-state index contributed by atoms with van der Waals surface area (Å²) in [7, 11) is -4.73. The molecule has 2 rings (SSSR count). The van der Waals surface area contributed by atoms with Gasteiger partial charge < -0.3 is 15.8 Å². The quantitative estimate of drug-likeness (QED) is 0.191. The fourth-order valence-electron chi connectivity index (χ4n) is 2.37. The zero-order chi connectivity index (χ0) is 23.7. The van der Waals surface area contributed by atoms with E-state index in [1.165, 1.54) is 12.1 Å². The highest BCUT2D eigenvalue weighted by molar-refractivity contribution is 14.1. The Morgan fingerprint density at radius 1 is 1.19 bits per heavy atom. The van der Waals surface area contributed by atoms with Gasteiger partial charge in [-0.1, -0.05) is 0 Å². The predicted octanol–water partition coefficient (Wildman–Crippen LogP) is 3.05. The molecule has 0 spiro atoms. The van der Waals surface area contributed by atoms with Crippen LogP contribution in [0.2, 0.25) is 0 Å². The highest BCUT2D eigenvalue weighted by Crippen LogP contribution is 2.35. The molecule has 0 saturated carbocycles. The lowest BCUT2D eigenvalue weighted by molar-refractivity contribution is -0.126. The van der Waals surface area contributed by atoms with E-state index in [-0.39, 0.29) is 11.9 Å². The summed E-state index contributed by atoms with van der Waals surface area (Å²) in [5, 5.41) is 2.37. The fourth-order valence-corrected chi connectivity index (χ4v) is 3.44. The van der Waals surface area contributed by atoms with Crippen molar-refractivity contribution in [3.63, 3.8) is 0 Å². The monoisotopic (exact) mass is 579 g/mol. The number of anilines is 2. The van der Waals surface area contributed by atoms with E-state index in [9.17, 15) is 35.2 Å². The number of hydrogen-bond acceptors (Lipinski definition) is 6. The van der Waals surface area contributed by atoms with Crippen LogP contribution in [0.5, 0.6) is 5.75 Å². The van der Waals surface area contributed by atoms with Crippen molar-refractivity contribution in [2.45, 2.75) is 17.7 Å². The Morgan fingerprint density at radius 2 is 1.81 bits per heavy atom. The van der Waals surface area contributed by atoms with Gasteiger partial charge in [-0.15, -0.1) is 0 Å². The highest BCUT2D eigenvalue weighted by Gasteiger charge is 2.49. The second-order valence-electron chi connectivity index (χ2n) is 6.32. The van der Waals surface area contributed by atoms with Crippen LogP contribution < -0.4 is 21.5 Å². The maximum absolute atomic E-state index is 14.5. The van der Waals surface area contributed by atoms with E-state index in [2.05, 4.69) is 10.1 Å². The number of halogens is 6. The number of amides is 1. The molecule has 5 N–H and O–H groups in total. The van der Waals surface area contributed by atoms with Gasteiger partial charge in [0.15, 0.2) is 9.84 Å². The Labute approximate surface area is 187 Å². The van der Waals surface area contributed by atoms with Gasteiger partial charge in [-0.25, -0.2) is 26.0 Å². The van der Waals surface area contributed by atoms with Gasteiger partial charge in [0.1, 0.15) is 22.9 Å². The molecule has 14 heteroatoms. The van der Waals surface area contributed by atoms with Gasteiger partial charge in [0.05, 0.1) is 11.4 Å². The first-order valence-electron chi connectivity index (χ1n) is 8.12. The fraction of sp³-hybridized carbons (Fsp3) is 0.235.